The molecular formula is C13H15ClN6O. The minimum Gasteiger partial charge on any atom is -0.382 e. The lowest BCUT2D eigenvalue weighted by Gasteiger charge is -2.07. The van der Waals surface area contributed by atoms with Crippen LogP contribution in [0.4, 0.5) is 5.69 Å². The Balaban J connectivity index is 2.86. The van der Waals surface area contributed by atoms with E-state index in [0.717, 1.165) is 6.42 Å². The first-order chi connectivity index (χ1) is 9.99. The second-order valence-corrected chi connectivity index (χ2v) is 4.46. The Labute approximate surface area is 127 Å². The molecule has 0 heterocycles. The highest BCUT2D eigenvalue weighted by atomic mass is 35.5. The summed E-state index contributed by atoms with van der Waals surface area (Å²) in [6.45, 7) is 2.53. The number of nitrogens with zero attached hydrogens (tertiary/aromatic N) is 2. The Bertz CT molecular complexity index is 620. The minimum atomic E-state index is -0.438. The number of hydrazone groups is 1. The zero-order valence-electron chi connectivity index (χ0n) is 11.4. The molecule has 0 aliphatic rings. The lowest BCUT2D eigenvalue weighted by molar-refractivity contribution is 0.0954. The molecule has 0 radical (unpaired) electrons. The van der Waals surface area contributed by atoms with Crippen molar-refractivity contribution in [1.82, 2.24) is 5.32 Å². The van der Waals surface area contributed by atoms with Crippen LogP contribution in [0.15, 0.2) is 23.3 Å². The highest BCUT2D eigenvalue weighted by Gasteiger charge is 2.10. The highest BCUT2D eigenvalue weighted by Crippen LogP contribution is 2.21. The van der Waals surface area contributed by atoms with E-state index in [1.54, 1.807) is 18.2 Å². The molecular weight excluding hydrogens is 292 g/mol. The van der Waals surface area contributed by atoms with E-state index in [-0.39, 0.29) is 16.6 Å². The molecule has 0 aliphatic heterocycles. The zero-order chi connectivity index (χ0) is 15.8. The highest BCUT2D eigenvalue weighted by molar-refractivity contribution is 6.45. The van der Waals surface area contributed by atoms with Crippen LogP contribution in [0.5, 0.6) is 0 Å². The van der Waals surface area contributed by atoms with Crippen LogP contribution in [0, 0.1) is 16.7 Å². The van der Waals surface area contributed by atoms with E-state index in [1.165, 1.54) is 6.07 Å². The van der Waals surface area contributed by atoms with Crippen molar-refractivity contribution >= 4 is 34.7 Å². The summed E-state index contributed by atoms with van der Waals surface area (Å²) in [4.78, 5) is 11.8. The van der Waals surface area contributed by atoms with Gasteiger partial charge in [0.25, 0.3) is 5.91 Å². The van der Waals surface area contributed by atoms with E-state index in [1.807, 2.05) is 6.92 Å². The molecule has 0 atom stereocenters. The Morgan fingerprint density at radius 2 is 2.29 bits per heavy atom. The third kappa shape index (κ3) is 4.78. The summed E-state index contributed by atoms with van der Waals surface area (Å²) in [5, 5.41) is 22.5. The molecule has 1 aromatic carbocycles. The van der Waals surface area contributed by atoms with Crippen molar-refractivity contribution in [3.05, 3.63) is 28.8 Å². The number of amidine groups is 1. The lowest BCUT2D eigenvalue weighted by Crippen LogP contribution is -2.24. The monoisotopic (exact) mass is 306 g/mol. The van der Waals surface area contributed by atoms with Gasteiger partial charge in [-0.1, -0.05) is 18.5 Å². The van der Waals surface area contributed by atoms with Gasteiger partial charge < -0.3 is 11.1 Å². The van der Waals surface area contributed by atoms with Gasteiger partial charge in [-0.3, -0.25) is 15.6 Å². The molecule has 110 valence electrons. The largest absolute Gasteiger partial charge is 0.382 e. The first-order valence-electron chi connectivity index (χ1n) is 6.15. The number of halogens is 1. The maximum absolute atomic E-state index is 11.8. The number of amides is 1. The first kappa shape index (κ1) is 16.5. The molecule has 21 heavy (non-hydrogen) atoms. The molecule has 0 aromatic heterocycles. The van der Waals surface area contributed by atoms with Gasteiger partial charge in [-0.05, 0) is 24.6 Å². The summed E-state index contributed by atoms with van der Waals surface area (Å²) >= 11 is 6.03. The molecule has 1 aromatic rings. The minimum absolute atomic E-state index is 0.240. The molecule has 0 saturated carbocycles. The van der Waals surface area contributed by atoms with Gasteiger partial charge in [-0.2, -0.15) is 10.4 Å². The SMILES string of the molecule is CCCNC(=O)c1ccc(N/N=C(\C#N)C(=N)N)cc1Cl. The van der Waals surface area contributed by atoms with Crippen LogP contribution in [-0.4, -0.2) is 24.0 Å². The summed E-state index contributed by atoms with van der Waals surface area (Å²) in [7, 11) is 0. The molecule has 1 rings (SSSR count). The van der Waals surface area contributed by atoms with Gasteiger partial charge in [0, 0.05) is 6.54 Å². The third-order valence-corrected chi connectivity index (χ3v) is 2.72. The maximum atomic E-state index is 11.8. The van der Waals surface area contributed by atoms with Crippen molar-refractivity contribution in [2.75, 3.05) is 12.0 Å². The Morgan fingerprint density at radius 1 is 1.57 bits per heavy atom. The Hall–Kier alpha value is -2.59. The normalized spacial score (nSPS) is 10.6. The molecule has 0 spiro atoms. The van der Waals surface area contributed by atoms with Crippen LogP contribution in [0.1, 0.15) is 23.7 Å². The van der Waals surface area contributed by atoms with Gasteiger partial charge in [-0.15, -0.1) is 0 Å². The summed E-state index contributed by atoms with van der Waals surface area (Å²) < 4.78 is 0. The van der Waals surface area contributed by atoms with Crippen LogP contribution in [0.3, 0.4) is 0 Å². The van der Waals surface area contributed by atoms with Gasteiger partial charge in [-0.25, -0.2) is 0 Å². The molecule has 0 unspecified atom stereocenters. The van der Waals surface area contributed by atoms with Crippen molar-refractivity contribution < 1.29 is 4.79 Å². The molecule has 0 bridgehead atoms. The average Bonchev–Trinajstić information content (AvgIpc) is 2.45. The van der Waals surface area contributed by atoms with E-state index < -0.39 is 5.84 Å². The summed E-state index contributed by atoms with van der Waals surface area (Å²) in [5.41, 5.74) is 8.30. The van der Waals surface area contributed by atoms with E-state index in [4.69, 9.17) is 28.0 Å². The van der Waals surface area contributed by atoms with Crippen LogP contribution in [0.2, 0.25) is 5.02 Å². The third-order valence-electron chi connectivity index (χ3n) is 2.41. The van der Waals surface area contributed by atoms with Gasteiger partial charge in [0.2, 0.25) is 5.71 Å². The quantitative estimate of drug-likeness (QED) is 0.362. The lowest BCUT2D eigenvalue weighted by atomic mass is 10.2. The van der Waals surface area contributed by atoms with Crippen molar-refractivity contribution in [1.29, 1.82) is 10.7 Å². The van der Waals surface area contributed by atoms with E-state index in [0.29, 0.717) is 17.8 Å². The molecule has 0 fully saturated rings. The second-order valence-electron chi connectivity index (χ2n) is 4.05. The topological polar surface area (TPSA) is 127 Å². The van der Waals surface area contributed by atoms with Crippen molar-refractivity contribution in [2.45, 2.75) is 13.3 Å². The number of anilines is 1. The number of carbonyl (C=O) groups excluding carboxylic acids is 1. The number of nitrogens with two attached hydrogens (primary N) is 1. The fraction of sp³-hybridized carbons (Fsp3) is 0.231. The van der Waals surface area contributed by atoms with E-state index in [2.05, 4.69) is 15.8 Å². The molecule has 0 saturated heterocycles. The molecule has 0 aliphatic carbocycles. The summed E-state index contributed by atoms with van der Waals surface area (Å²) in [6, 6.07) is 6.32. The number of hydrogen-bond donors (Lipinski definition) is 4. The first-order valence-corrected chi connectivity index (χ1v) is 6.53. The summed E-state index contributed by atoms with van der Waals surface area (Å²) in [5.74, 6) is -0.690. The fourth-order valence-electron chi connectivity index (χ4n) is 1.37. The van der Waals surface area contributed by atoms with E-state index >= 15 is 0 Å². The Kier molecular flexibility index (Phi) is 6.17. The molecule has 5 N–H and O–H groups in total. The number of nitriles is 1. The Morgan fingerprint density at radius 3 is 2.81 bits per heavy atom. The van der Waals surface area contributed by atoms with Gasteiger partial charge in [0.1, 0.15) is 6.07 Å². The standard InChI is InChI=1S/C13H15ClN6O/c1-2-5-18-13(21)9-4-3-8(6-10(9)14)19-20-11(7-15)12(16)17/h3-4,6,19H,2,5H2,1H3,(H3,16,17)(H,18,21)/b20-11+. The fourth-order valence-corrected chi connectivity index (χ4v) is 1.63. The number of nitrogens with one attached hydrogen (secondary N) is 3. The second kappa shape index (κ2) is 7.87. The van der Waals surface area contributed by atoms with Gasteiger partial charge in [0.15, 0.2) is 5.84 Å². The van der Waals surface area contributed by atoms with Crippen LogP contribution in [-0.2, 0) is 0 Å². The number of carbonyl (C=O) groups is 1. The van der Waals surface area contributed by atoms with Crippen molar-refractivity contribution in [3.8, 4) is 6.07 Å². The van der Waals surface area contributed by atoms with Gasteiger partial charge in [0.05, 0.1) is 16.3 Å². The van der Waals surface area contributed by atoms with Crippen molar-refractivity contribution in [3.63, 3.8) is 0 Å². The molecule has 7 nitrogen and oxygen atoms in total. The number of hydrogen-bond acceptors (Lipinski definition) is 5. The average molecular weight is 307 g/mol. The molecule has 1 amide bonds. The molecule has 8 heteroatoms. The van der Waals surface area contributed by atoms with Crippen molar-refractivity contribution in [2.24, 2.45) is 10.8 Å². The van der Waals surface area contributed by atoms with Crippen LogP contribution < -0.4 is 16.5 Å². The van der Waals surface area contributed by atoms with E-state index in [9.17, 15) is 4.79 Å². The zero-order valence-corrected chi connectivity index (χ0v) is 12.2. The maximum Gasteiger partial charge on any atom is 0.252 e. The predicted molar refractivity (Wildman–Crippen MR) is 82.7 cm³/mol. The smallest absolute Gasteiger partial charge is 0.252 e. The van der Waals surface area contributed by atoms with Crippen LogP contribution >= 0.6 is 11.6 Å². The summed E-state index contributed by atoms with van der Waals surface area (Å²) in [6.07, 6.45) is 0.833. The predicted octanol–water partition coefficient (Wildman–Crippen LogP) is 1.71. The number of rotatable bonds is 6. The number of benzene rings is 1. The van der Waals surface area contributed by atoms with Crippen LogP contribution in [0.25, 0.3) is 0 Å². The van der Waals surface area contributed by atoms with Gasteiger partial charge >= 0.3 is 0 Å².